The first-order chi connectivity index (χ1) is 10.5. The summed E-state index contributed by atoms with van der Waals surface area (Å²) in [5.74, 6) is 0.777. The second kappa shape index (κ2) is 5.98. The Morgan fingerprint density at radius 2 is 2.05 bits per heavy atom. The number of likely N-dealkylation sites (N-methyl/N-ethyl adjacent to an activating group) is 1. The van der Waals surface area contributed by atoms with Gasteiger partial charge in [0.05, 0.1) is 5.69 Å². The van der Waals surface area contributed by atoms with Gasteiger partial charge in [0.25, 0.3) is 0 Å². The van der Waals surface area contributed by atoms with Crippen molar-refractivity contribution >= 4 is 23.2 Å². The van der Waals surface area contributed by atoms with Gasteiger partial charge in [0.15, 0.2) is 5.49 Å². The zero-order valence-electron chi connectivity index (χ0n) is 12.8. The van der Waals surface area contributed by atoms with Gasteiger partial charge < -0.3 is 10.2 Å². The van der Waals surface area contributed by atoms with Crippen LogP contribution >= 0.6 is 11.6 Å². The van der Waals surface area contributed by atoms with Crippen molar-refractivity contribution in [2.24, 2.45) is 4.99 Å². The molecule has 22 heavy (non-hydrogen) atoms. The maximum atomic E-state index is 5.92. The summed E-state index contributed by atoms with van der Waals surface area (Å²) in [5, 5.41) is 4.06. The van der Waals surface area contributed by atoms with E-state index in [2.05, 4.69) is 25.6 Å². The molecule has 0 saturated carbocycles. The van der Waals surface area contributed by atoms with Crippen molar-refractivity contribution in [3.8, 4) is 0 Å². The fourth-order valence-electron chi connectivity index (χ4n) is 2.36. The van der Waals surface area contributed by atoms with Crippen molar-refractivity contribution in [3.05, 3.63) is 46.5 Å². The monoisotopic (exact) mass is 318 g/mol. The van der Waals surface area contributed by atoms with Crippen molar-refractivity contribution in [1.29, 1.82) is 0 Å². The first-order valence-electron chi connectivity index (χ1n) is 7.10. The Bertz CT molecular complexity index is 735. The molecule has 1 aliphatic rings. The highest BCUT2D eigenvalue weighted by atomic mass is 35.5. The van der Waals surface area contributed by atoms with Crippen LogP contribution in [0.25, 0.3) is 0 Å². The molecule has 2 N–H and O–H groups in total. The highest BCUT2D eigenvalue weighted by Crippen LogP contribution is 2.16. The highest BCUT2D eigenvalue weighted by Gasteiger charge is 2.21. The van der Waals surface area contributed by atoms with Crippen molar-refractivity contribution in [1.82, 2.24) is 14.6 Å². The van der Waals surface area contributed by atoms with Gasteiger partial charge in [-0.3, -0.25) is 5.43 Å². The second-order valence-electron chi connectivity index (χ2n) is 5.59. The number of benzene rings is 1. The summed E-state index contributed by atoms with van der Waals surface area (Å²) in [6, 6.07) is 9.40. The predicted molar refractivity (Wildman–Crippen MR) is 89.0 cm³/mol. The molecule has 0 saturated heterocycles. The summed E-state index contributed by atoms with van der Waals surface area (Å²) in [7, 11) is 4.07. The van der Waals surface area contributed by atoms with Crippen LogP contribution in [0.4, 0.5) is 11.6 Å². The molecular formula is C15H19ClN6. The SMILES string of the molecule is Cc1cc(=Nc2ccc(Cl)cc2)n2c(n1)NC(CN(C)C)N2. The Hall–Kier alpha value is -2.05. The summed E-state index contributed by atoms with van der Waals surface area (Å²) in [4.78, 5) is 11.3. The van der Waals surface area contributed by atoms with E-state index in [1.807, 2.05) is 56.0 Å². The normalized spacial score (nSPS) is 17.3. The van der Waals surface area contributed by atoms with Crippen LogP contribution in [-0.2, 0) is 0 Å². The molecular weight excluding hydrogens is 300 g/mol. The smallest absolute Gasteiger partial charge is 0.225 e. The molecule has 0 radical (unpaired) electrons. The first-order valence-corrected chi connectivity index (χ1v) is 7.48. The van der Waals surface area contributed by atoms with Crippen LogP contribution in [0.15, 0.2) is 35.3 Å². The van der Waals surface area contributed by atoms with Crippen molar-refractivity contribution < 1.29 is 0 Å². The molecule has 1 unspecified atom stereocenters. The summed E-state index contributed by atoms with van der Waals surface area (Å²) in [6.07, 6.45) is 0.100. The summed E-state index contributed by atoms with van der Waals surface area (Å²) < 4.78 is 1.88. The van der Waals surface area contributed by atoms with Gasteiger partial charge in [0.1, 0.15) is 6.17 Å². The molecule has 0 amide bonds. The maximum Gasteiger partial charge on any atom is 0.225 e. The Morgan fingerprint density at radius 1 is 1.32 bits per heavy atom. The molecule has 7 heteroatoms. The topological polar surface area (TPSA) is 57.5 Å². The lowest BCUT2D eigenvalue weighted by Gasteiger charge is -2.16. The second-order valence-corrected chi connectivity index (χ2v) is 6.03. The van der Waals surface area contributed by atoms with E-state index in [1.165, 1.54) is 0 Å². The summed E-state index contributed by atoms with van der Waals surface area (Å²) in [6.45, 7) is 2.81. The average molecular weight is 319 g/mol. The number of rotatable bonds is 3. The standard InChI is InChI=1S/C15H19ClN6/c1-10-8-14(18-12-6-4-11(16)5-7-12)22-15(17-10)19-13(20-22)9-21(2)3/h4-8,13,20H,9H2,1-3H3,(H,17,19). The van der Waals surface area contributed by atoms with Crippen LogP contribution in [0.5, 0.6) is 0 Å². The molecule has 1 aliphatic heterocycles. The van der Waals surface area contributed by atoms with Crippen LogP contribution in [0.3, 0.4) is 0 Å². The van der Waals surface area contributed by atoms with Gasteiger partial charge in [-0.15, -0.1) is 0 Å². The number of fused-ring (bicyclic) bond motifs is 1. The fourth-order valence-corrected chi connectivity index (χ4v) is 2.49. The van der Waals surface area contributed by atoms with Crippen LogP contribution in [0.1, 0.15) is 5.69 Å². The summed E-state index contributed by atoms with van der Waals surface area (Å²) >= 11 is 5.92. The van der Waals surface area contributed by atoms with E-state index in [-0.39, 0.29) is 6.17 Å². The summed E-state index contributed by atoms with van der Waals surface area (Å²) in [5.41, 5.74) is 5.94. The third-order valence-corrected chi connectivity index (χ3v) is 3.52. The van der Waals surface area contributed by atoms with E-state index < -0.39 is 0 Å². The lowest BCUT2D eigenvalue weighted by Crippen LogP contribution is -2.38. The van der Waals surface area contributed by atoms with Gasteiger partial charge in [0, 0.05) is 23.3 Å². The van der Waals surface area contributed by atoms with E-state index in [0.717, 1.165) is 29.4 Å². The molecule has 0 bridgehead atoms. The van der Waals surface area contributed by atoms with Gasteiger partial charge >= 0.3 is 0 Å². The number of nitrogens with zero attached hydrogens (tertiary/aromatic N) is 4. The molecule has 0 aliphatic carbocycles. The minimum absolute atomic E-state index is 0.100. The average Bonchev–Trinajstić information content (AvgIpc) is 2.82. The predicted octanol–water partition coefficient (Wildman–Crippen LogP) is 1.93. The van der Waals surface area contributed by atoms with Crippen LogP contribution in [-0.4, -0.2) is 41.4 Å². The Labute approximate surface area is 134 Å². The highest BCUT2D eigenvalue weighted by molar-refractivity contribution is 6.30. The molecule has 2 heterocycles. The third-order valence-electron chi connectivity index (χ3n) is 3.27. The van der Waals surface area contributed by atoms with Crippen molar-refractivity contribution in [2.45, 2.75) is 13.1 Å². The zero-order valence-corrected chi connectivity index (χ0v) is 13.6. The third kappa shape index (κ3) is 3.23. The van der Waals surface area contributed by atoms with E-state index in [1.54, 1.807) is 0 Å². The molecule has 2 aromatic rings. The number of halogens is 1. The minimum Gasteiger partial charge on any atom is -0.332 e. The number of anilines is 1. The number of hydrogen-bond donors (Lipinski definition) is 2. The van der Waals surface area contributed by atoms with E-state index in [9.17, 15) is 0 Å². The molecule has 1 atom stereocenters. The Balaban J connectivity index is 1.99. The lowest BCUT2D eigenvalue weighted by atomic mass is 10.3. The van der Waals surface area contributed by atoms with Crippen molar-refractivity contribution in [2.75, 3.05) is 31.4 Å². The molecule has 3 rings (SSSR count). The maximum absolute atomic E-state index is 5.92. The van der Waals surface area contributed by atoms with Crippen molar-refractivity contribution in [3.63, 3.8) is 0 Å². The van der Waals surface area contributed by atoms with Crippen LogP contribution < -0.4 is 16.2 Å². The molecule has 1 aromatic carbocycles. The lowest BCUT2D eigenvalue weighted by molar-refractivity contribution is 0.393. The van der Waals surface area contributed by atoms with Crippen LogP contribution in [0.2, 0.25) is 5.02 Å². The quantitative estimate of drug-likeness (QED) is 0.908. The van der Waals surface area contributed by atoms with Gasteiger partial charge in [-0.25, -0.2) is 14.7 Å². The van der Waals surface area contributed by atoms with E-state index in [4.69, 9.17) is 11.6 Å². The molecule has 0 spiro atoms. The number of aromatic nitrogens is 2. The van der Waals surface area contributed by atoms with Gasteiger partial charge in [0.2, 0.25) is 5.95 Å². The Kier molecular flexibility index (Phi) is 4.04. The van der Waals surface area contributed by atoms with E-state index >= 15 is 0 Å². The number of hydrogen-bond acceptors (Lipinski definition) is 5. The number of aryl methyl sites for hydroxylation is 1. The number of nitrogens with one attached hydrogen (secondary N) is 2. The molecule has 0 fully saturated rings. The minimum atomic E-state index is 0.100. The zero-order chi connectivity index (χ0) is 15.7. The van der Waals surface area contributed by atoms with Gasteiger partial charge in [-0.2, -0.15) is 0 Å². The molecule has 116 valence electrons. The molecule has 1 aromatic heterocycles. The van der Waals surface area contributed by atoms with Gasteiger partial charge in [-0.1, -0.05) is 11.6 Å². The fraction of sp³-hybridized carbons (Fsp3) is 0.333. The van der Waals surface area contributed by atoms with Gasteiger partial charge in [-0.05, 0) is 45.3 Å². The molecule has 6 nitrogen and oxygen atoms in total. The Morgan fingerprint density at radius 3 is 2.73 bits per heavy atom. The largest absolute Gasteiger partial charge is 0.332 e. The van der Waals surface area contributed by atoms with E-state index in [0.29, 0.717) is 5.02 Å². The van der Waals surface area contributed by atoms with Crippen LogP contribution in [0, 0.1) is 6.92 Å². The first kappa shape index (κ1) is 14.9.